The van der Waals surface area contributed by atoms with Crippen LogP contribution in [0.5, 0.6) is 0 Å². The number of hydrogen-bond donors (Lipinski definition) is 1. The molecule has 2 aromatic heterocycles. The number of rotatable bonds is 5. The van der Waals surface area contributed by atoms with Gasteiger partial charge in [-0.3, -0.25) is 4.98 Å². The quantitative estimate of drug-likeness (QED) is 0.754. The Hall–Kier alpha value is -3.15. The van der Waals surface area contributed by atoms with Gasteiger partial charge in [-0.15, -0.1) is 0 Å². The van der Waals surface area contributed by atoms with Crippen LogP contribution in [0.25, 0.3) is 0 Å². The summed E-state index contributed by atoms with van der Waals surface area (Å²) in [6.07, 6.45) is 5.43. The monoisotopic (exact) mass is 360 g/mol. The molecule has 0 unspecified atom stereocenters. The summed E-state index contributed by atoms with van der Waals surface area (Å²) in [5.41, 5.74) is 3.77. The van der Waals surface area contributed by atoms with E-state index in [2.05, 4.69) is 56.3 Å². The fraction of sp³-hybridized carbons (Fsp3) is 0.286. The lowest BCUT2D eigenvalue weighted by Crippen LogP contribution is -2.47. The largest absolute Gasteiger partial charge is 0.368 e. The normalized spacial score (nSPS) is 14.3. The molecule has 6 nitrogen and oxygen atoms in total. The molecule has 0 aliphatic carbocycles. The molecular weight excluding hydrogens is 336 g/mol. The van der Waals surface area contributed by atoms with Crippen molar-refractivity contribution in [3.63, 3.8) is 0 Å². The Morgan fingerprint density at radius 2 is 1.70 bits per heavy atom. The molecular formula is C21H24N6. The maximum absolute atomic E-state index is 4.69. The Bertz CT molecular complexity index is 875. The van der Waals surface area contributed by atoms with E-state index in [0.29, 0.717) is 0 Å². The van der Waals surface area contributed by atoms with Gasteiger partial charge in [0, 0.05) is 57.0 Å². The SMILES string of the molecule is Cc1cccc(N2CCN(c3nccc(NCc4ccncc4)n3)CC2)c1. The molecule has 27 heavy (non-hydrogen) atoms. The van der Waals surface area contributed by atoms with Crippen LogP contribution < -0.4 is 15.1 Å². The molecule has 6 heteroatoms. The molecule has 4 rings (SSSR count). The zero-order valence-corrected chi connectivity index (χ0v) is 15.5. The fourth-order valence-corrected chi connectivity index (χ4v) is 3.28. The summed E-state index contributed by atoms with van der Waals surface area (Å²) < 4.78 is 0. The van der Waals surface area contributed by atoms with E-state index >= 15 is 0 Å². The van der Waals surface area contributed by atoms with Gasteiger partial charge in [-0.1, -0.05) is 12.1 Å². The Morgan fingerprint density at radius 3 is 2.48 bits per heavy atom. The second-order valence-corrected chi connectivity index (χ2v) is 6.76. The van der Waals surface area contributed by atoms with Gasteiger partial charge >= 0.3 is 0 Å². The lowest BCUT2D eigenvalue weighted by molar-refractivity contribution is 0.640. The number of nitrogens with one attached hydrogen (secondary N) is 1. The highest BCUT2D eigenvalue weighted by atomic mass is 15.3. The van der Waals surface area contributed by atoms with E-state index in [-0.39, 0.29) is 0 Å². The average Bonchev–Trinajstić information content (AvgIpc) is 2.73. The predicted molar refractivity (Wildman–Crippen MR) is 109 cm³/mol. The van der Waals surface area contributed by atoms with Crippen molar-refractivity contribution in [1.82, 2.24) is 15.0 Å². The average molecular weight is 360 g/mol. The molecule has 0 amide bonds. The van der Waals surface area contributed by atoms with Gasteiger partial charge in [0.1, 0.15) is 5.82 Å². The van der Waals surface area contributed by atoms with Crippen molar-refractivity contribution < 1.29 is 0 Å². The highest BCUT2D eigenvalue weighted by Crippen LogP contribution is 2.20. The lowest BCUT2D eigenvalue weighted by Gasteiger charge is -2.36. The summed E-state index contributed by atoms with van der Waals surface area (Å²) in [5.74, 6) is 1.64. The molecule has 0 radical (unpaired) electrons. The van der Waals surface area contributed by atoms with Gasteiger partial charge in [0.15, 0.2) is 0 Å². The van der Waals surface area contributed by atoms with E-state index in [1.165, 1.54) is 16.8 Å². The van der Waals surface area contributed by atoms with Crippen molar-refractivity contribution in [1.29, 1.82) is 0 Å². The Morgan fingerprint density at radius 1 is 0.926 bits per heavy atom. The van der Waals surface area contributed by atoms with Gasteiger partial charge in [-0.2, -0.15) is 4.98 Å². The highest BCUT2D eigenvalue weighted by Gasteiger charge is 2.19. The van der Waals surface area contributed by atoms with Gasteiger partial charge in [0.2, 0.25) is 5.95 Å². The van der Waals surface area contributed by atoms with Crippen LogP contribution in [-0.2, 0) is 6.54 Å². The third kappa shape index (κ3) is 4.34. The van der Waals surface area contributed by atoms with E-state index in [4.69, 9.17) is 4.98 Å². The highest BCUT2D eigenvalue weighted by molar-refractivity contribution is 5.50. The minimum atomic E-state index is 0.722. The first-order valence-corrected chi connectivity index (χ1v) is 9.30. The van der Waals surface area contributed by atoms with Crippen molar-refractivity contribution in [3.8, 4) is 0 Å². The summed E-state index contributed by atoms with van der Waals surface area (Å²) in [6.45, 7) is 6.64. The van der Waals surface area contributed by atoms with Gasteiger partial charge < -0.3 is 15.1 Å². The van der Waals surface area contributed by atoms with Gasteiger partial charge in [0.25, 0.3) is 0 Å². The smallest absolute Gasteiger partial charge is 0.227 e. The fourth-order valence-electron chi connectivity index (χ4n) is 3.28. The van der Waals surface area contributed by atoms with Crippen molar-refractivity contribution in [2.75, 3.05) is 41.3 Å². The number of aryl methyl sites for hydroxylation is 1. The third-order valence-electron chi connectivity index (χ3n) is 4.80. The van der Waals surface area contributed by atoms with E-state index in [9.17, 15) is 0 Å². The van der Waals surface area contributed by atoms with Crippen LogP contribution in [-0.4, -0.2) is 41.1 Å². The van der Waals surface area contributed by atoms with Gasteiger partial charge in [-0.05, 0) is 48.4 Å². The molecule has 0 spiro atoms. The number of benzene rings is 1. The number of nitrogens with zero attached hydrogens (tertiary/aromatic N) is 5. The molecule has 3 heterocycles. The molecule has 0 bridgehead atoms. The van der Waals surface area contributed by atoms with Crippen molar-refractivity contribution >= 4 is 17.5 Å². The first-order chi connectivity index (χ1) is 13.3. The van der Waals surface area contributed by atoms with Crippen LogP contribution in [0.15, 0.2) is 61.1 Å². The first kappa shape index (κ1) is 17.3. The first-order valence-electron chi connectivity index (χ1n) is 9.30. The number of piperazine rings is 1. The van der Waals surface area contributed by atoms with Crippen LogP contribution in [0.2, 0.25) is 0 Å². The molecule has 1 aromatic carbocycles. The molecule has 1 aliphatic heterocycles. The molecule has 0 atom stereocenters. The van der Waals surface area contributed by atoms with Gasteiger partial charge in [-0.25, -0.2) is 4.98 Å². The molecule has 1 fully saturated rings. The van der Waals surface area contributed by atoms with Crippen LogP contribution in [0.1, 0.15) is 11.1 Å². The summed E-state index contributed by atoms with van der Waals surface area (Å²) in [5, 5.41) is 3.37. The summed E-state index contributed by atoms with van der Waals surface area (Å²) in [6, 6.07) is 14.6. The number of hydrogen-bond acceptors (Lipinski definition) is 6. The van der Waals surface area contributed by atoms with Crippen LogP contribution in [0, 0.1) is 6.92 Å². The standard InChI is InChI=1S/C21H24N6/c1-17-3-2-4-19(15-17)26-11-13-27(14-12-26)21-23-10-7-20(25-21)24-16-18-5-8-22-9-6-18/h2-10,15H,11-14,16H2,1H3,(H,23,24,25). The molecule has 1 aliphatic rings. The van der Waals surface area contributed by atoms with E-state index < -0.39 is 0 Å². The molecule has 1 saturated heterocycles. The Labute approximate surface area is 159 Å². The topological polar surface area (TPSA) is 57.2 Å². The lowest BCUT2D eigenvalue weighted by atomic mass is 10.2. The third-order valence-corrected chi connectivity index (χ3v) is 4.80. The van der Waals surface area contributed by atoms with E-state index in [1.54, 1.807) is 12.4 Å². The maximum atomic E-state index is 4.69. The van der Waals surface area contributed by atoms with Crippen LogP contribution >= 0.6 is 0 Å². The van der Waals surface area contributed by atoms with E-state index in [0.717, 1.165) is 44.5 Å². The second kappa shape index (κ2) is 8.03. The zero-order valence-electron chi connectivity index (χ0n) is 15.5. The van der Waals surface area contributed by atoms with Crippen LogP contribution in [0.4, 0.5) is 17.5 Å². The van der Waals surface area contributed by atoms with Crippen molar-refractivity contribution in [2.24, 2.45) is 0 Å². The van der Waals surface area contributed by atoms with Crippen LogP contribution in [0.3, 0.4) is 0 Å². The van der Waals surface area contributed by atoms with E-state index in [1.807, 2.05) is 24.4 Å². The second-order valence-electron chi connectivity index (χ2n) is 6.76. The molecule has 138 valence electrons. The summed E-state index contributed by atoms with van der Waals surface area (Å²) >= 11 is 0. The minimum Gasteiger partial charge on any atom is -0.368 e. The minimum absolute atomic E-state index is 0.722. The Balaban J connectivity index is 1.37. The number of pyridine rings is 1. The summed E-state index contributed by atoms with van der Waals surface area (Å²) in [4.78, 5) is 17.9. The zero-order chi connectivity index (χ0) is 18.5. The summed E-state index contributed by atoms with van der Waals surface area (Å²) in [7, 11) is 0. The molecule has 0 saturated carbocycles. The maximum Gasteiger partial charge on any atom is 0.227 e. The van der Waals surface area contributed by atoms with Crippen molar-refractivity contribution in [2.45, 2.75) is 13.5 Å². The Kier molecular flexibility index (Phi) is 5.14. The molecule has 3 aromatic rings. The van der Waals surface area contributed by atoms with Crippen molar-refractivity contribution in [3.05, 3.63) is 72.2 Å². The molecule has 1 N–H and O–H groups in total. The van der Waals surface area contributed by atoms with Gasteiger partial charge in [0.05, 0.1) is 0 Å². The number of anilines is 3. The predicted octanol–water partition coefficient (Wildman–Crippen LogP) is 3.12. The number of aromatic nitrogens is 3.